The Hall–Kier alpha value is -2.37. The summed E-state index contributed by atoms with van der Waals surface area (Å²) in [5.74, 6) is -1.12. The maximum Gasteiger partial charge on any atom is 0.249 e. The van der Waals surface area contributed by atoms with Crippen LogP contribution in [0.25, 0.3) is 10.8 Å². The highest BCUT2D eigenvalue weighted by Crippen LogP contribution is 2.27. The van der Waals surface area contributed by atoms with Gasteiger partial charge in [0.05, 0.1) is 6.54 Å². The van der Waals surface area contributed by atoms with Crippen LogP contribution in [0, 0.1) is 0 Å². The lowest BCUT2D eigenvalue weighted by molar-refractivity contribution is -0.144. The van der Waals surface area contributed by atoms with Gasteiger partial charge in [-0.05, 0) is 23.4 Å². The van der Waals surface area contributed by atoms with Crippen LogP contribution in [0.1, 0.15) is 12.5 Å². The highest BCUT2D eigenvalue weighted by Gasteiger charge is 2.32. The van der Waals surface area contributed by atoms with Crippen LogP contribution in [0.15, 0.2) is 54.7 Å². The third-order valence-corrected chi connectivity index (χ3v) is 3.56. The number of nitrogens with zero attached hydrogens (tertiary/aromatic N) is 1. The Kier molecular flexibility index (Phi) is 4.09. The standard InChI is InChI=1S/C17H19N3O2/c1-2-18-12-17(21,22-16-9-10-19-20-16)15-8-7-13-5-3-4-6-14(13)11-15/h3-11,18,21H,2,12H2,1H3,(H,19,20). The number of ether oxygens (including phenoxy) is 1. The summed E-state index contributed by atoms with van der Waals surface area (Å²) < 4.78 is 5.73. The minimum Gasteiger partial charge on any atom is -0.438 e. The molecule has 0 spiro atoms. The smallest absolute Gasteiger partial charge is 0.249 e. The second-order valence-corrected chi connectivity index (χ2v) is 5.14. The van der Waals surface area contributed by atoms with Crippen molar-refractivity contribution in [2.45, 2.75) is 12.7 Å². The Morgan fingerprint density at radius 2 is 2.00 bits per heavy atom. The summed E-state index contributed by atoms with van der Waals surface area (Å²) in [6.45, 7) is 2.99. The second kappa shape index (κ2) is 6.17. The van der Waals surface area contributed by atoms with Crippen LogP contribution in [0.4, 0.5) is 0 Å². The zero-order chi connectivity index (χ0) is 15.4. The van der Waals surface area contributed by atoms with Gasteiger partial charge in [0.1, 0.15) is 0 Å². The van der Waals surface area contributed by atoms with Crippen molar-refractivity contribution in [2.75, 3.05) is 13.1 Å². The van der Waals surface area contributed by atoms with Gasteiger partial charge < -0.3 is 15.2 Å². The van der Waals surface area contributed by atoms with Crippen molar-refractivity contribution in [3.63, 3.8) is 0 Å². The fourth-order valence-corrected chi connectivity index (χ4v) is 2.40. The molecule has 5 nitrogen and oxygen atoms in total. The lowest BCUT2D eigenvalue weighted by Gasteiger charge is -2.28. The normalized spacial score (nSPS) is 13.9. The van der Waals surface area contributed by atoms with Crippen LogP contribution >= 0.6 is 0 Å². The van der Waals surface area contributed by atoms with Crippen LogP contribution in [-0.4, -0.2) is 28.4 Å². The Labute approximate surface area is 128 Å². The van der Waals surface area contributed by atoms with E-state index in [1.165, 1.54) is 0 Å². The number of hydrogen-bond acceptors (Lipinski definition) is 4. The minimum atomic E-state index is -1.48. The summed E-state index contributed by atoms with van der Waals surface area (Å²) in [4.78, 5) is 0. The molecular formula is C17H19N3O2. The molecule has 0 amide bonds. The molecule has 2 aromatic carbocycles. The molecule has 1 unspecified atom stereocenters. The number of aromatic nitrogens is 2. The first-order valence-electron chi connectivity index (χ1n) is 7.32. The third kappa shape index (κ3) is 2.95. The van der Waals surface area contributed by atoms with E-state index < -0.39 is 5.79 Å². The van der Waals surface area contributed by atoms with Crippen molar-refractivity contribution in [3.05, 3.63) is 60.3 Å². The Morgan fingerprint density at radius 1 is 1.18 bits per heavy atom. The SMILES string of the molecule is CCNCC(O)(Oc1cc[nH]n1)c1ccc2ccccc2c1. The van der Waals surface area contributed by atoms with Crippen molar-refractivity contribution < 1.29 is 9.84 Å². The highest BCUT2D eigenvalue weighted by atomic mass is 16.6. The van der Waals surface area contributed by atoms with Gasteiger partial charge in [-0.25, -0.2) is 0 Å². The van der Waals surface area contributed by atoms with Gasteiger partial charge in [0.25, 0.3) is 0 Å². The first kappa shape index (κ1) is 14.6. The number of fused-ring (bicyclic) bond motifs is 1. The monoisotopic (exact) mass is 297 g/mol. The molecule has 0 aliphatic rings. The van der Waals surface area contributed by atoms with Gasteiger partial charge >= 0.3 is 0 Å². The topological polar surface area (TPSA) is 70.2 Å². The predicted octanol–water partition coefficient (Wildman–Crippen LogP) is 2.40. The number of aromatic amines is 1. The molecule has 1 aromatic heterocycles. The van der Waals surface area contributed by atoms with E-state index in [9.17, 15) is 5.11 Å². The number of hydrogen-bond donors (Lipinski definition) is 3. The van der Waals surface area contributed by atoms with E-state index in [2.05, 4.69) is 15.5 Å². The average molecular weight is 297 g/mol. The van der Waals surface area contributed by atoms with E-state index in [0.717, 1.165) is 17.3 Å². The van der Waals surface area contributed by atoms with E-state index in [1.54, 1.807) is 12.3 Å². The second-order valence-electron chi connectivity index (χ2n) is 5.14. The number of likely N-dealkylation sites (N-methyl/N-ethyl adjacent to an activating group) is 1. The van der Waals surface area contributed by atoms with Gasteiger partial charge in [0.15, 0.2) is 0 Å². The molecule has 0 aliphatic heterocycles. The largest absolute Gasteiger partial charge is 0.438 e. The quantitative estimate of drug-likeness (QED) is 0.611. The Balaban J connectivity index is 1.98. The minimum absolute atomic E-state index is 0.273. The van der Waals surface area contributed by atoms with Gasteiger partial charge in [-0.1, -0.05) is 43.3 Å². The fourth-order valence-electron chi connectivity index (χ4n) is 2.40. The summed E-state index contributed by atoms with van der Waals surface area (Å²) in [5, 5.41) is 23.0. The summed E-state index contributed by atoms with van der Waals surface area (Å²) in [6, 6.07) is 15.5. The molecular weight excluding hydrogens is 278 g/mol. The fraction of sp³-hybridized carbons (Fsp3) is 0.235. The number of rotatable bonds is 6. The first-order chi connectivity index (χ1) is 10.7. The van der Waals surface area contributed by atoms with Crippen LogP contribution in [-0.2, 0) is 5.79 Å². The van der Waals surface area contributed by atoms with Crippen molar-refractivity contribution in [2.24, 2.45) is 0 Å². The maximum absolute atomic E-state index is 11.0. The molecule has 3 N–H and O–H groups in total. The number of H-pyrrole nitrogens is 1. The Bertz CT molecular complexity index is 743. The third-order valence-electron chi connectivity index (χ3n) is 3.56. The molecule has 1 atom stereocenters. The molecule has 0 saturated carbocycles. The van der Waals surface area contributed by atoms with Crippen molar-refractivity contribution in [1.82, 2.24) is 15.5 Å². The predicted molar refractivity (Wildman–Crippen MR) is 85.6 cm³/mol. The van der Waals surface area contributed by atoms with Gasteiger partial charge in [0, 0.05) is 17.8 Å². The van der Waals surface area contributed by atoms with Gasteiger partial charge in [-0.2, -0.15) is 0 Å². The van der Waals surface area contributed by atoms with Crippen LogP contribution in [0.2, 0.25) is 0 Å². The molecule has 5 heteroatoms. The van der Waals surface area contributed by atoms with Gasteiger partial charge in [0.2, 0.25) is 11.7 Å². The van der Waals surface area contributed by atoms with E-state index >= 15 is 0 Å². The van der Waals surface area contributed by atoms with Crippen molar-refractivity contribution >= 4 is 10.8 Å². The number of benzene rings is 2. The summed E-state index contributed by atoms with van der Waals surface area (Å²) >= 11 is 0. The zero-order valence-corrected chi connectivity index (χ0v) is 12.4. The molecule has 1 heterocycles. The molecule has 22 heavy (non-hydrogen) atoms. The van der Waals surface area contributed by atoms with Crippen LogP contribution in [0.5, 0.6) is 5.88 Å². The molecule has 0 fully saturated rings. The molecule has 3 aromatic rings. The summed E-state index contributed by atoms with van der Waals surface area (Å²) in [7, 11) is 0. The first-order valence-corrected chi connectivity index (χ1v) is 7.32. The molecule has 0 radical (unpaired) electrons. The summed E-state index contributed by atoms with van der Waals surface area (Å²) in [5.41, 5.74) is 0.690. The number of nitrogens with one attached hydrogen (secondary N) is 2. The maximum atomic E-state index is 11.0. The van der Waals surface area contributed by atoms with Crippen LogP contribution in [0.3, 0.4) is 0 Å². The Morgan fingerprint density at radius 3 is 2.73 bits per heavy atom. The average Bonchev–Trinajstić information content (AvgIpc) is 3.05. The van der Waals surface area contributed by atoms with E-state index in [4.69, 9.17) is 4.74 Å². The molecule has 0 saturated heterocycles. The van der Waals surface area contributed by atoms with Gasteiger partial charge in [-0.3, -0.25) is 5.10 Å². The van der Waals surface area contributed by atoms with Crippen molar-refractivity contribution in [1.29, 1.82) is 0 Å². The summed E-state index contributed by atoms with van der Waals surface area (Å²) in [6.07, 6.45) is 1.66. The van der Waals surface area contributed by atoms with E-state index in [0.29, 0.717) is 11.4 Å². The van der Waals surface area contributed by atoms with Crippen LogP contribution < -0.4 is 10.1 Å². The lowest BCUT2D eigenvalue weighted by Crippen LogP contribution is -2.43. The van der Waals surface area contributed by atoms with E-state index in [-0.39, 0.29) is 6.54 Å². The molecule has 3 rings (SSSR count). The lowest BCUT2D eigenvalue weighted by atomic mass is 10.0. The molecule has 0 aliphatic carbocycles. The zero-order valence-electron chi connectivity index (χ0n) is 12.4. The van der Waals surface area contributed by atoms with Crippen molar-refractivity contribution in [3.8, 4) is 5.88 Å². The van der Waals surface area contributed by atoms with E-state index in [1.807, 2.05) is 49.4 Å². The number of aliphatic hydroxyl groups is 1. The highest BCUT2D eigenvalue weighted by molar-refractivity contribution is 5.83. The van der Waals surface area contributed by atoms with Gasteiger partial charge in [-0.15, -0.1) is 5.10 Å². The molecule has 0 bridgehead atoms. The molecule has 114 valence electrons.